The minimum atomic E-state index is -0.0618. The number of nitrogens with zero attached hydrogens (tertiary/aromatic N) is 1. The van der Waals surface area contributed by atoms with Crippen LogP contribution in [0.5, 0.6) is 0 Å². The van der Waals surface area contributed by atoms with E-state index in [1.54, 1.807) is 0 Å². The summed E-state index contributed by atoms with van der Waals surface area (Å²) in [5.41, 5.74) is 4.51. The summed E-state index contributed by atoms with van der Waals surface area (Å²) in [6.45, 7) is 2.63. The molecule has 2 aromatic carbocycles. The van der Waals surface area contributed by atoms with Crippen molar-refractivity contribution in [2.45, 2.75) is 57.2 Å². The first-order chi connectivity index (χ1) is 15.6. The largest absolute Gasteiger partial charge is 0.347 e. The third-order valence-corrected chi connectivity index (χ3v) is 7.58. The molecule has 0 bridgehead atoms. The molecule has 2 saturated carbocycles. The summed E-state index contributed by atoms with van der Waals surface area (Å²) < 4.78 is 0. The van der Waals surface area contributed by atoms with Gasteiger partial charge in [-0.1, -0.05) is 42.5 Å². The third kappa shape index (κ3) is 4.35. The number of nitrogens with one attached hydrogen (secondary N) is 1. The molecule has 2 fully saturated rings. The second-order valence-electron chi connectivity index (χ2n) is 8.98. The van der Waals surface area contributed by atoms with Gasteiger partial charge in [0, 0.05) is 24.2 Å². The first-order valence-corrected chi connectivity index (χ1v) is 12.3. The smallest absolute Gasteiger partial charge is 0.261 e. The van der Waals surface area contributed by atoms with Crippen LogP contribution in [-0.4, -0.2) is 28.8 Å². The zero-order valence-electron chi connectivity index (χ0n) is 18.3. The minimum Gasteiger partial charge on any atom is -0.347 e. The van der Waals surface area contributed by atoms with Gasteiger partial charge >= 0.3 is 0 Å². The van der Waals surface area contributed by atoms with Gasteiger partial charge < -0.3 is 10.2 Å². The molecule has 5 rings (SSSR count). The maximum absolute atomic E-state index is 13.4. The SMILES string of the molecule is Cc1ccccc1C1CC(N(C(=O)c2ccc(CNC(=O)c3cccs3)cc2)C2CC2)C1. The van der Waals surface area contributed by atoms with E-state index in [4.69, 9.17) is 0 Å². The summed E-state index contributed by atoms with van der Waals surface area (Å²) >= 11 is 1.43. The Labute approximate surface area is 193 Å². The number of thiophene rings is 1. The molecule has 3 aromatic rings. The standard InChI is InChI=1S/C27H28N2O2S/c1-18-5-2-3-6-24(18)21-15-23(16-21)29(22-12-13-22)27(31)20-10-8-19(9-11-20)17-28-26(30)25-7-4-14-32-25/h2-11,14,21-23H,12-13,15-17H2,1H3,(H,28,30). The van der Waals surface area contributed by atoms with Crippen LogP contribution in [0.3, 0.4) is 0 Å². The zero-order chi connectivity index (χ0) is 22.1. The zero-order valence-corrected chi connectivity index (χ0v) is 19.1. The van der Waals surface area contributed by atoms with E-state index in [1.165, 1.54) is 22.5 Å². The van der Waals surface area contributed by atoms with Crippen LogP contribution in [0.2, 0.25) is 0 Å². The summed E-state index contributed by atoms with van der Waals surface area (Å²) in [4.78, 5) is 28.4. The van der Waals surface area contributed by atoms with E-state index < -0.39 is 0 Å². The topological polar surface area (TPSA) is 49.4 Å². The van der Waals surface area contributed by atoms with E-state index in [0.29, 0.717) is 29.4 Å². The van der Waals surface area contributed by atoms with E-state index in [0.717, 1.165) is 36.8 Å². The Kier molecular flexibility index (Phi) is 5.83. The van der Waals surface area contributed by atoms with Crippen molar-refractivity contribution in [3.05, 3.63) is 93.2 Å². The Morgan fingerprint density at radius 2 is 1.72 bits per heavy atom. The fourth-order valence-electron chi connectivity index (χ4n) is 4.69. The molecule has 0 spiro atoms. The van der Waals surface area contributed by atoms with Gasteiger partial charge in [0.2, 0.25) is 0 Å². The molecule has 4 nitrogen and oxygen atoms in total. The fraction of sp³-hybridized carbons (Fsp3) is 0.333. The monoisotopic (exact) mass is 444 g/mol. The van der Waals surface area contributed by atoms with Gasteiger partial charge in [0.1, 0.15) is 0 Å². The molecular weight excluding hydrogens is 416 g/mol. The molecule has 1 N–H and O–H groups in total. The van der Waals surface area contributed by atoms with Gasteiger partial charge in [0.25, 0.3) is 11.8 Å². The molecule has 0 atom stereocenters. The number of rotatable bonds is 7. The molecule has 5 heteroatoms. The lowest BCUT2D eigenvalue weighted by Crippen LogP contribution is -2.48. The van der Waals surface area contributed by atoms with Crippen LogP contribution in [0.15, 0.2) is 66.0 Å². The van der Waals surface area contributed by atoms with Gasteiger partial charge in [0.15, 0.2) is 0 Å². The normalized spacial score (nSPS) is 19.8. The van der Waals surface area contributed by atoms with Crippen molar-refractivity contribution in [1.29, 1.82) is 0 Å². The fourth-order valence-corrected chi connectivity index (χ4v) is 5.33. The highest BCUT2D eigenvalue weighted by molar-refractivity contribution is 7.12. The van der Waals surface area contributed by atoms with Crippen LogP contribution in [0.4, 0.5) is 0 Å². The van der Waals surface area contributed by atoms with Crippen LogP contribution in [0.25, 0.3) is 0 Å². The van der Waals surface area contributed by atoms with Crippen LogP contribution >= 0.6 is 11.3 Å². The summed E-state index contributed by atoms with van der Waals surface area (Å²) in [5.74, 6) is 0.646. The second kappa shape index (κ2) is 8.91. The van der Waals surface area contributed by atoms with Gasteiger partial charge in [-0.05, 0) is 78.8 Å². The summed E-state index contributed by atoms with van der Waals surface area (Å²) in [6, 6.07) is 20.7. The predicted molar refractivity (Wildman–Crippen MR) is 128 cm³/mol. The van der Waals surface area contributed by atoms with E-state index in [9.17, 15) is 9.59 Å². The van der Waals surface area contributed by atoms with Crippen molar-refractivity contribution < 1.29 is 9.59 Å². The number of hydrogen-bond acceptors (Lipinski definition) is 3. The van der Waals surface area contributed by atoms with Crippen molar-refractivity contribution in [3.8, 4) is 0 Å². The van der Waals surface area contributed by atoms with Gasteiger partial charge in [-0.25, -0.2) is 0 Å². The molecule has 0 radical (unpaired) electrons. The van der Waals surface area contributed by atoms with E-state index in [-0.39, 0.29) is 11.8 Å². The summed E-state index contributed by atoms with van der Waals surface area (Å²) in [6.07, 6.45) is 4.34. The average Bonchev–Trinajstić information content (AvgIpc) is 3.46. The highest BCUT2D eigenvalue weighted by Crippen LogP contribution is 2.44. The predicted octanol–water partition coefficient (Wildman–Crippen LogP) is 5.54. The number of carbonyl (C=O) groups is 2. The molecule has 1 heterocycles. The maximum atomic E-state index is 13.4. The minimum absolute atomic E-state index is 0.0618. The lowest BCUT2D eigenvalue weighted by Gasteiger charge is -2.44. The van der Waals surface area contributed by atoms with Crippen molar-refractivity contribution in [3.63, 3.8) is 0 Å². The number of amides is 2. The Balaban J connectivity index is 1.21. The van der Waals surface area contributed by atoms with Crippen molar-refractivity contribution in [1.82, 2.24) is 10.2 Å². The lowest BCUT2D eigenvalue weighted by molar-refractivity contribution is 0.0516. The Bertz CT molecular complexity index is 1100. The first-order valence-electron chi connectivity index (χ1n) is 11.4. The van der Waals surface area contributed by atoms with E-state index in [2.05, 4.69) is 41.4 Å². The van der Waals surface area contributed by atoms with Crippen LogP contribution < -0.4 is 5.32 Å². The average molecular weight is 445 g/mol. The number of carbonyl (C=O) groups excluding carboxylic acids is 2. The molecule has 0 saturated heterocycles. The van der Waals surface area contributed by atoms with Gasteiger partial charge in [0.05, 0.1) is 4.88 Å². The number of hydrogen-bond donors (Lipinski definition) is 1. The molecule has 2 aliphatic rings. The Morgan fingerprint density at radius 3 is 2.38 bits per heavy atom. The van der Waals surface area contributed by atoms with Gasteiger partial charge in [-0.2, -0.15) is 0 Å². The van der Waals surface area contributed by atoms with Gasteiger partial charge in [-0.15, -0.1) is 11.3 Å². The molecule has 1 aromatic heterocycles. The highest BCUT2D eigenvalue weighted by atomic mass is 32.1. The summed E-state index contributed by atoms with van der Waals surface area (Å²) in [7, 11) is 0. The highest BCUT2D eigenvalue weighted by Gasteiger charge is 2.43. The molecule has 2 amide bonds. The van der Waals surface area contributed by atoms with Crippen molar-refractivity contribution in [2.75, 3.05) is 0 Å². The molecule has 2 aliphatic carbocycles. The molecule has 32 heavy (non-hydrogen) atoms. The molecule has 0 unspecified atom stereocenters. The van der Waals surface area contributed by atoms with Crippen LogP contribution in [-0.2, 0) is 6.54 Å². The van der Waals surface area contributed by atoms with Crippen molar-refractivity contribution in [2.24, 2.45) is 0 Å². The molecule has 164 valence electrons. The van der Waals surface area contributed by atoms with Crippen LogP contribution in [0.1, 0.15) is 68.3 Å². The van der Waals surface area contributed by atoms with Gasteiger partial charge in [-0.3, -0.25) is 9.59 Å². The summed E-state index contributed by atoms with van der Waals surface area (Å²) in [5, 5.41) is 4.83. The van der Waals surface area contributed by atoms with E-state index >= 15 is 0 Å². The molecule has 0 aliphatic heterocycles. The first kappa shape index (κ1) is 21.0. The maximum Gasteiger partial charge on any atom is 0.261 e. The van der Waals surface area contributed by atoms with Crippen molar-refractivity contribution >= 4 is 23.2 Å². The third-order valence-electron chi connectivity index (χ3n) is 6.71. The molecular formula is C27H28N2O2S. The Morgan fingerprint density at radius 1 is 0.969 bits per heavy atom. The lowest BCUT2D eigenvalue weighted by atomic mass is 9.73. The van der Waals surface area contributed by atoms with Crippen LogP contribution in [0, 0.1) is 6.92 Å². The number of aryl methyl sites for hydroxylation is 1. The second-order valence-corrected chi connectivity index (χ2v) is 9.93. The Hall–Kier alpha value is -2.92. The number of benzene rings is 2. The van der Waals surface area contributed by atoms with E-state index in [1.807, 2.05) is 41.8 Å². The quantitative estimate of drug-likeness (QED) is 0.520.